The third-order valence-electron chi connectivity index (χ3n) is 6.51. The van der Waals surface area contributed by atoms with Crippen LogP contribution in [0.5, 0.6) is 5.75 Å². The van der Waals surface area contributed by atoms with Crippen molar-refractivity contribution in [3.05, 3.63) is 64.5 Å². The van der Waals surface area contributed by atoms with Gasteiger partial charge in [-0.2, -0.15) is 5.10 Å². The number of benzene rings is 2. The number of aliphatic hydroxyl groups is 1. The first-order chi connectivity index (χ1) is 18.3. The second-order valence-electron chi connectivity index (χ2n) is 9.37. The number of hydrazone groups is 1. The lowest BCUT2D eigenvalue weighted by atomic mass is 9.89. The van der Waals surface area contributed by atoms with E-state index in [9.17, 15) is 4.79 Å². The van der Waals surface area contributed by atoms with Crippen molar-refractivity contribution in [2.45, 2.75) is 59.3 Å². The van der Waals surface area contributed by atoms with Crippen molar-refractivity contribution in [2.75, 3.05) is 18.6 Å². The minimum Gasteiger partial charge on any atom is -0.492 e. The summed E-state index contributed by atoms with van der Waals surface area (Å²) in [5.74, 6) is -0.0982. The van der Waals surface area contributed by atoms with E-state index >= 15 is 0 Å². The smallest absolute Gasteiger partial charge is 0.188 e. The van der Waals surface area contributed by atoms with Gasteiger partial charge in [0, 0.05) is 29.4 Å². The first kappa shape index (κ1) is 29.2. The van der Waals surface area contributed by atoms with E-state index in [0.717, 1.165) is 41.9 Å². The van der Waals surface area contributed by atoms with Crippen LogP contribution in [0.25, 0.3) is 11.3 Å². The molecule has 3 N–H and O–H groups in total. The maximum absolute atomic E-state index is 13.4. The summed E-state index contributed by atoms with van der Waals surface area (Å²) in [6.45, 7) is 8.10. The molecular weight excluding hydrogens is 496 g/mol. The molecule has 0 saturated heterocycles. The average molecular weight is 535 g/mol. The van der Waals surface area contributed by atoms with Crippen molar-refractivity contribution in [1.29, 1.82) is 5.41 Å². The Morgan fingerprint density at radius 2 is 1.87 bits per heavy atom. The molecule has 3 aromatic rings. The van der Waals surface area contributed by atoms with E-state index in [2.05, 4.69) is 34.8 Å². The van der Waals surface area contributed by atoms with E-state index in [-0.39, 0.29) is 29.7 Å². The molecule has 2 unspecified atom stereocenters. The molecule has 0 radical (unpaired) electrons. The molecule has 0 spiro atoms. The molecule has 2 aromatic carbocycles. The largest absolute Gasteiger partial charge is 0.492 e. The van der Waals surface area contributed by atoms with Crippen LogP contribution in [0, 0.1) is 11.3 Å². The van der Waals surface area contributed by atoms with Gasteiger partial charge in [-0.3, -0.25) is 10.2 Å². The highest BCUT2D eigenvalue weighted by molar-refractivity contribution is 7.10. The molecular formula is C30H38N4O3S. The van der Waals surface area contributed by atoms with Gasteiger partial charge in [0.05, 0.1) is 28.7 Å². The highest BCUT2D eigenvalue weighted by Gasteiger charge is 2.29. The molecule has 0 saturated carbocycles. The van der Waals surface area contributed by atoms with E-state index in [0.29, 0.717) is 18.0 Å². The molecule has 3 rings (SSSR count). The Morgan fingerprint density at radius 3 is 2.55 bits per heavy atom. The summed E-state index contributed by atoms with van der Waals surface area (Å²) in [6.07, 6.45) is 3.95. The van der Waals surface area contributed by atoms with Crippen molar-refractivity contribution < 1.29 is 14.6 Å². The van der Waals surface area contributed by atoms with Gasteiger partial charge in [0.25, 0.3) is 0 Å². The van der Waals surface area contributed by atoms with Gasteiger partial charge < -0.3 is 15.3 Å². The predicted octanol–water partition coefficient (Wildman–Crippen LogP) is 6.73. The number of para-hydroxylation sites is 2. The highest BCUT2D eigenvalue weighted by Crippen LogP contribution is 2.32. The Balaban J connectivity index is 1.69. The number of aromatic nitrogens is 1. The Kier molecular flexibility index (Phi) is 11.2. The third-order valence-corrected chi connectivity index (χ3v) is 7.56. The summed E-state index contributed by atoms with van der Waals surface area (Å²) < 4.78 is 5.62. The van der Waals surface area contributed by atoms with E-state index in [1.54, 1.807) is 18.3 Å². The van der Waals surface area contributed by atoms with Gasteiger partial charge in [-0.1, -0.05) is 56.7 Å². The fourth-order valence-electron chi connectivity index (χ4n) is 4.03. The van der Waals surface area contributed by atoms with Crippen molar-refractivity contribution in [3.8, 4) is 17.0 Å². The van der Waals surface area contributed by atoms with Gasteiger partial charge in [-0.15, -0.1) is 11.3 Å². The summed E-state index contributed by atoms with van der Waals surface area (Å²) in [6, 6.07) is 15.8. The molecule has 38 heavy (non-hydrogen) atoms. The second-order valence-corrected chi connectivity index (χ2v) is 10.3. The number of ether oxygens (including phenoxy) is 1. The van der Waals surface area contributed by atoms with Gasteiger partial charge in [0.1, 0.15) is 11.5 Å². The van der Waals surface area contributed by atoms with Crippen LogP contribution in [0.15, 0.2) is 59.0 Å². The van der Waals surface area contributed by atoms with Crippen LogP contribution in [0.3, 0.4) is 0 Å². The van der Waals surface area contributed by atoms with Crippen LogP contribution in [0.2, 0.25) is 0 Å². The van der Waals surface area contributed by atoms with Crippen LogP contribution < -0.4 is 10.2 Å². The standard InChI is InChI=1S/C30H38N4O3S/c1-5-37-27-13-9-8-12-25(27)33-34-28(22(4)31)29(36)20(2)21(3)30-32-26(19-38-30)24-16-14-23(15-17-24)11-7-6-10-18-35/h8-9,12-17,19-21,31,33,35H,5-7,10-11,18H2,1-4H3/b31-22?,34-28+. The number of nitrogens with one attached hydrogen (secondary N) is 2. The number of ketones is 1. The summed E-state index contributed by atoms with van der Waals surface area (Å²) in [7, 11) is 0. The summed E-state index contributed by atoms with van der Waals surface area (Å²) in [4.78, 5) is 18.2. The monoisotopic (exact) mass is 534 g/mol. The van der Waals surface area contributed by atoms with E-state index in [1.807, 2.05) is 50.4 Å². The van der Waals surface area contributed by atoms with Crippen molar-refractivity contribution in [2.24, 2.45) is 11.0 Å². The number of Topliss-reactive ketones (excluding diaryl/α,β-unsaturated/α-hetero) is 1. The Labute approximate surface area is 229 Å². The minimum atomic E-state index is -0.404. The molecule has 0 fully saturated rings. The number of hydrogen-bond acceptors (Lipinski definition) is 8. The maximum Gasteiger partial charge on any atom is 0.188 e. The number of aliphatic hydroxyl groups excluding tert-OH is 1. The average Bonchev–Trinajstić information content (AvgIpc) is 3.42. The third kappa shape index (κ3) is 7.82. The summed E-state index contributed by atoms with van der Waals surface area (Å²) in [5, 5.41) is 24.3. The number of nitrogens with zero attached hydrogens (tertiary/aromatic N) is 2. The fourth-order valence-corrected chi connectivity index (χ4v) is 5.02. The highest BCUT2D eigenvalue weighted by atomic mass is 32.1. The quantitative estimate of drug-likeness (QED) is 0.114. The van der Waals surface area contributed by atoms with Gasteiger partial charge in [-0.05, 0) is 50.8 Å². The number of rotatable bonds is 15. The SMILES string of the molecule is CCOc1ccccc1N/N=C(\C(C)=N)C(=O)C(C)C(C)c1nc(-c2ccc(CCCCCO)cc2)cs1. The second kappa shape index (κ2) is 14.5. The zero-order valence-electron chi connectivity index (χ0n) is 22.7. The molecule has 0 aliphatic heterocycles. The molecule has 7 nitrogen and oxygen atoms in total. The van der Waals surface area contributed by atoms with Gasteiger partial charge >= 0.3 is 0 Å². The molecule has 1 heterocycles. The Morgan fingerprint density at radius 1 is 1.13 bits per heavy atom. The van der Waals surface area contributed by atoms with E-state index in [4.69, 9.17) is 20.2 Å². The number of thiazole rings is 1. The number of unbranched alkanes of at least 4 members (excludes halogenated alkanes) is 2. The van der Waals surface area contributed by atoms with Crippen LogP contribution in [0.4, 0.5) is 5.69 Å². The first-order valence-corrected chi connectivity index (χ1v) is 14.0. The minimum absolute atomic E-state index is 0.0991. The maximum atomic E-state index is 13.4. The fraction of sp³-hybridized carbons (Fsp3) is 0.400. The molecule has 0 amide bonds. The lowest BCUT2D eigenvalue weighted by molar-refractivity contribution is -0.116. The van der Waals surface area contributed by atoms with Crippen molar-refractivity contribution >= 4 is 34.2 Å². The number of carbonyl (C=O) groups excluding carboxylic acids is 1. The van der Waals surface area contributed by atoms with E-state index < -0.39 is 5.92 Å². The van der Waals surface area contributed by atoms with Gasteiger partial charge in [0.2, 0.25) is 0 Å². The molecule has 0 bridgehead atoms. The van der Waals surface area contributed by atoms with Crippen molar-refractivity contribution in [1.82, 2.24) is 4.98 Å². The zero-order valence-corrected chi connectivity index (χ0v) is 23.5. The molecule has 2 atom stereocenters. The predicted molar refractivity (Wildman–Crippen MR) is 157 cm³/mol. The topological polar surface area (TPSA) is 108 Å². The molecule has 0 aliphatic carbocycles. The zero-order chi connectivity index (χ0) is 27.5. The van der Waals surface area contributed by atoms with Gasteiger partial charge in [0.15, 0.2) is 5.78 Å². The van der Waals surface area contributed by atoms with Crippen molar-refractivity contribution in [3.63, 3.8) is 0 Å². The lowest BCUT2D eigenvalue weighted by Gasteiger charge is -2.18. The summed E-state index contributed by atoms with van der Waals surface area (Å²) >= 11 is 1.55. The Hall–Kier alpha value is -3.36. The van der Waals surface area contributed by atoms with Gasteiger partial charge in [-0.25, -0.2) is 4.98 Å². The number of hydrogen-bond donors (Lipinski definition) is 3. The Bertz CT molecular complexity index is 1240. The first-order valence-electron chi connectivity index (χ1n) is 13.2. The van der Waals surface area contributed by atoms with Crippen LogP contribution in [-0.4, -0.2) is 40.5 Å². The number of carbonyl (C=O) groups is 1. The summed E-state index contributed by atoms with van der Waals surface area (Å²) in [5.41, 5.74) is 6.99. The van der Waals surface area contributed by atoms with Crippen LogP contribution in [-0.2, 0) is 11.2 Å². The van der Waals surface area contributed by atoms with E-state index in [1.165, 1.54) is 5.56 Å². The molecule has 0 aliphatic rings. The number of anilines is 1. The molecule has 202 valence electrons. The van der Waals surface area contributed by atoms with Crippen LogP contribution >= 0.6 is 11.3 Å². The number of aryl methyl sites for hydroxylation is 1. The normalized spacial score (nSPS) is 13.1. The lowest BCUT2D eigenvalue weighted by Crippen LogP contribution is -2.30. The molecule has 1 aromatic heterocycles. The molecule has 8 heteroatoms. The van der Waals surface area contributed by atoms with Crippen LogP contribution in [0.1, 0.15) is 63.4 Å².